The van der Waals surface area contributed by atoms with Crippen LogP contribution in [0.1, 0.15) is 0 Å². The van der Waals surface area contributed by atoms with E-state index in [4.69, 9.17) is 27.6 Å². The van der Waals surface area contributed by atoms with Crippen molar-refractivity contribution in [2.75, 3.05) is 0 Å². The molecule has 2 aromatic heterocycles. The van der Waals surface area contributed by atoms with E-state index < -0.39 is 0 Å². The number of pyridine rings is 1. The molecule has 4 heteroatoms. The third-order valence-corrected chi connectivity index (χ3v) is 3.15. The summed E-state index contributed by atoms with van der Waals surface area (Å²) in [5.41, 5.74) is 0.775. The van der Waals surface area contributed by atoms with Crippen LogP contribution in [0.2, 0.25) is 10.3 Å². The average molecular weight is 264 g/mol. The van der Waals surface area contributed by atoms with Crippen molar-refractivity contribution in [3.05, 3.63) is 53.0 Å². The highest BCUT2D eigenvalue weighted by molar-refractivity contribution is 6.38. The van der Waals surface area contributed by atoms with Crippen LogP contribution in [0.3, 0.4) is 0 Å². The first kappa shape index (κ1) is 10.6. The topological polar surface area (TPSA) is 26.0 Å². The molecule has 3 rings (SSSR count). The number of hydrogen-bond donors (Lipinski definition) is 0. The molecule has 84 valence electrons. The molecule has 0 radical (unpaired) electrons. The normalized spacial score (nSPS) is 10.9. The molecule has 0 unspecified atom stereocenters. The lowest BCUT2D eigenvalue weighted by atomic mass is 10.1. The second-order valence-corrected chi connectivity index (χ2v) is 4.31. The van der Waals surface area contributed by atoms with Crippen LogP contribution in [0.5, 0.6) is 0 Å². The maximum Gasteiger partial charge on any atom is 0.142 e. The van der Waals surface area contributed by atoms with Gasteiger partial charge in [0.15, 0.2) is 0 Å². The lowest BCUT2D eigenvalue weighted by Crippen LogP contribution is -1.87. The fraction of sp³-hybridized carbons (Fsp3) is 0. The molecule has 0 aliphatic rings. The van der Waals surface area contributed by atoms with E-state index in [-0.39, 0.29) is 0 Å². The Bertz CT molecular complexity index is 677. The van der Waals surface area contributed by atoms with Gasteiger partial charge in [0, 0.05) is 5.39 Å². The molecule has 0 aliphatic carbocycles. The van der Waals surface area contributed by atoms with Crippen LogP contribution in [0, 0.1) is 0 Å². The van der Waals surface area contributed by atoms with Crippen molar-refractivity contribution < 1.29 is 4.42 Å². The highest BCUT2D eigenvalue weighted by atomic mass is 35.5. The van der Waals surface area contributed by atoms with Gasteiger partial charge in [-0.2, -0.15) is 0 Å². The third kappa shape index (κ3) is 1.70. The van der Waals surface area contributed by atoms with Gasteiger partial charge < -0.3 is 4.42 Å². The van der Waals surface area contributed by atoms with Gasteiger partial charge >= 0.3 is 0 Å². The average Bonchev–Trinajstić information content (AvgIpc) is 2.83. The number of hydrogen-bond acceptors (Lipinski definition) is 2. The molecule has 0 N–H and O–H groups in total. The Morgan fingerprint density at radius 2 is 1.65 bits per heavy atom. The van der Waals surface area contributed by atoms with Gasteiger partial charge in [0.1, 0.15) is 16.1 Å². The zero-order valence-corrected chi connectivity index (χ0v) is 10.2. The Balaban J connectivity index is 2.45. The molecule has 0 saturated heterocycles. The van der Waals surface area contributed by atoms with E-state index in [2.05, 4.69) is 4.98 Å². The van der Waals surface area contributed by atoms with Gasteiger partial charge in [-0.25, -0.2) is 4.98 Å². The zero-order chi connectivity index (χ0) is 11.8. The lowest BCUT2D eigenvalue weighted by molar-refractivity contribution is 0.583. The van der Waals surface area contributed by atoms with Gasteiger partial charge in [0.2, 0.25) is 0 Å². The molecular formula is C13H7Cl2NO. The first-order valence-electron chi connectivity index (χ1n) is 5.05. The van der Waals surface area contributed by atoms with E-state index in [9.17, 15) is 0 Å². The summed E-state index contributed by atoms with van der Waals surface area (Å²) in [5.74, 6) is 0.690. The van der Waals surface area contributed by atoms with Crippen molar-refractivity contribution in [3.63, 3.8) is 0 Å². The number of fused-ring (bicyclic) bond motifs is 1. The summed E-state index contributed by atoms with van der Waals surface area (Å²) in [6.07, 6.45) is 1.61. The summed E-state index contributed by atoms with van der Waals surface area (Å²) in [4.78, 5) is 4.13. The van der Waals surface area contributed by atoms with E-state index >= 15 is 0 Å². The fourth-order valence-corrected chi connectivity index (χ4v) is 2.42. The molecule has 0 fully saturated rings. The Labute approximate surface area is 108 Å². The molecule has 0 saturated carbocycles. The van der Waals surface area contributed by atoms with Crippen LogP contribution >= 0.6 is 23.2 Å². The highest BCUT2D eigenvalue weighted by Crippen LogP contribution is 2.36. The lowest BCUT2D eigenvalue weighted by Gasteiger charge is -2.07. The van der Waals surface area contributed by atoms with E-state index in [1.54, 1.807) is 6.26 Å². The zero-order valence-electron chi connectivity index (χ0n) is 8.65. The quantitative estimate of drug-likeness (QED) is 0.590. The summed E-state index contributed by atoms with van der Waals surface area (Å²) < 4.78 is 5.38. The van der Waals surface area contributed by atoms with E-state index in [1.807, 2.05) is 36.4 Å². The molecule has 17 heavy (non-hydrogen) atoms. The van der Waals surface area contributed by atoms with Crippen LogP contribution in [0.25, 0.3) is 22.1 Å². The van der Waals surface area contributed by atoms with Gasteiger partial charge in [0.05, 0.1) is 11.8 Å². The van der Waals surface area contributed by atoms with Gasteiger partial charge in [-0.3, -0.25) is 0 Å². The summed E-state index contributed by atoms with van der Waals surface area (Å²) in [7, 11) is 0. The van der Waals surface area contributed by atoms with Crippen molar-refractivity contribution in [2.45, 2.75) is 0 Å². The summed E-state index contributed by atoms with van der Waals surface area (Å²) in [6, 6.07) is 11.4. The maximum atomic E-state index is 6.14. The van der Waals surface area contributed by atoms with E-state index in [1.165, 1.54) is 0 Å². The maximum absolute atomic E-state index is 6.14. The third-order valence-electron chi connectivity index (χ3n) is 2.59. The minimum Gasteiger partial charge on any atom is -0.464 e. The predicted molar refractivity (Wildman–Crippen MR) is 69.5 cm³/mol. The number of halogens is 2. The van der Waals surface area contributed by atoms with Gasteiger partial charge in [-0.15, -0.1) is 0 Å². The summed E-state index contributed by atoms with van der Waals surface area (Å²) in [6.45, 7) is 0. The van der Waals surface area contributed by atoms with E-state index in [0.29, 0.717) is 16.1 Å². The molecule has 0 atom stereocenters. The fourth-order valence-electron chi connectivity index (χ4n) is 1.85. The van der Waals surface area contributed by atoms with Crippen LogP contribution in [0.15, 0.2) is 47.1 Å². The Kier molecular flexibility index (Phi) is 2.54. The van der Waals surface area contributed by atoms with Gasteiger partial charge in [-0.1, -0.05) is 47.5 Å². The number of rotatable bonds is 1. The summed E-state index contributed by atoms with van der Waals surface area (Å²) >= 11 is 12.2. The molecule has 2 nitrogen and oxygen atoms in total. The molecule has 2 heterocycles. The molecule has 0 bridgehead atoms. The van der Waals surface area contributed by atoms with Crippen LogP contribution in [-0.4, -0.2) is 4.98 Å². The smallest absolute Gasteiger partial charge is 0.142 e. The summed E-state index contributed by atoms with van der Waals surface area (Å²) in [5, 5.41) is 2.56. The first-order valence-corrected chi connectivity index (χ1v) is 5.80. The Morgan fingerprint density at radius 1 is 0.882 bits per heavy atom. The second-order valence-electron chi connectivity index (χ2n) is 3.59. The number of aromatic nitrogens is 1. The number of benzene rings is 1. The van der Waals surface area contributed by atoms with Crippen molar-refractivity contribution in [1.82, 2.24) is 4.98 Å². The monoisotopic (exact) mass is 263 g/mol. The standard InChI is InChI=1S/C13H7Cl2NO/c14-12-9-5-2-1-4-8(9)11(13(15)16-12)10-6-3-7-17-10/h1-7H. The van der Waals surface area contributed by atoms with Crippen LogP contribution < -0.4 is 0 Å². The Morgan fingerprint density at radius 3 is 2.35 bits per heavy atom. The largest absolute Gasteiger partial charge is 0.464 e. The van der Waals surface area contributed by atoms with E-state index in [0.717, 1.165) is 16.3 Å². The number of nitrogens with zero attached hydrogens (tertiary/aromatic N) is 1. The molecular weight excluding hydrogens is 257 g/mol. The molecule has 1 aromatic carbocycles. The van der Waals surface area contributed by atoms with Crippen molar-refractivity contribution >= 4 is 34.0 Å². The molecule has 0 amide bonds. The van der Waals surface area contributed by atoms with Crippen LogP contribution in [-0.2, 0) is 0 Å². The molecule has 0 aliphatic heterocycles. The second kappa shape index (κ2) is 4.06. The van der Waals surface area contributed by atoms with Gasteiger partial charge in [-0.05, 0) is 17.5 Å². The molecule has 0 spiro atoms. The SMILES string of the molecule is Clc1nc(Cl)c2ccccc2c1-c1ccco1. The van der Waals surface area contributed by atoms with Crippen molar-refractivity contribution in [3.8, 4) is 11.3 Å². The minimum absolute atomic E-state index is 0.351. The van der Waals surface area contributed by atoms with Crippen LogP contribution in [0.4, 0.5) is 0 Å². The Hall–Kier alpha value is -1.51. The predicted octanol–water partition coefficient (Wildman–Crippen LogP) is 4.80. The first-order chi connectivity index (χ1) is 8.27. The number of furan rings is 1. The van der Waals surface area contributed by atoms with Gasteiger partial charge in [0.25, 0.3) is 0 Å². The highest BCUT2D eigenvalue weighted by Gasteiger charge is 2.14. The minimum atomic E-state index is 0.351. The van der Waals surface area contributed by atoms with Crippen molar-refractivity contribution in [1.29, 1.82) is 0 Å². The van der Waals surface area contributed by atoms with Crippen molar-refractivity contribution in [2.24, 2.45) is 0 Å². The molecule has 3 aromatic rings.